The molecule has 1 aromatic carbocycles. The lowest BCUT2D eigenvalue weighted by Gasteiger charge is -2.46. The Labute approximate surface area is 228 Å². The van der Waals surface area contributed by atoms with Crippen LogP contribution in [0.15, 0.2) is 24.3 Å². The minimum absolute atomic E-state index is 0.142. The zero-order chi connectivity index (χ0) is 29.1. The maximum Gasteiger partial charge on any atom is 0.229 e. The summed E-state index contributed by atoms with van der Waals surface area (Å²) in [5.41, 5.74) is 0. The number of ether oxygens (including phenoxy) is 7. The third-order valence-electron chi connectivity index (χ3n) is 6.98. The molecule has 0 spiro atoms. The minimum Gasteiger partial charge on any atom is -0.493 e. The molecular formula is C24H36O16. The molecule has 1 aromatic rings. The largest absolute Gasteiger partial charge is 0.493 e. The van der Waals surface area contributed by atoms with Crippen LogP contribution in [0.25, 0.3) is 0 Å². The van der Waals surface area contributed by atoms with Gasteiger partial charge < -0.3 is 79.1 Å². The van der Waals surface area contributed by atoms with Crippen molar-refractivity contribution in [3.05, 3.63) is 24.3 Å². The Morgan fingerprint density at radius 3 is 2.02 bits per heavy atom. The number of para-hydroxylation sites is 2. The fraction of sp³-hybridized carbons (Fsp3) is 0.750. The van der Waals surface area contributed by atoms with E-state index in [4.69, 9.17) is 33.2 Å². The van der Waals surface area contributed by atoms with E-state index in [0.717, 1.165) is 0 Å². The lowest BCUT2D eigenvalue weighted by molar-refractivity contribution is -0.361. The van der Waals surface area contributed by atoms with Gasteiger partial charge in [0.2, 0.25) is 6.29 Å². The fourth-order valence-electron chi connectivity index (χ4n) is 4.57. The third-order valence-corrected chi connectivity index (χ3v) is 6.98. The number of aliphatic hydroxyl groups excluding tert-OH is 9. The molecule has 16 heteroatoms. The molecular weight excluding hydrogens is 544 g/mol. The van der Waals surface area contributed by atoms with E-state index in [1.165, 1.54) is 13.2 Å². The summed E-state index contributed by atoms with van der Waals surface area (Å²) in [6.45, 7) is -1.53. The van der Waals surface area contributed by atoms with Crippen LogP contribution in [0.2, 0.25) is 0 Å². The Bertz CT molecular complexity index is 936. The van der Waals surface area contributed by atoms with E-state index in [1.807, 2.05) is 0 Å². The van der Waals surface area contributed by atoms with Crippen LogP contribution in [0, 0.1) is 0 Å². The average Bonchev–Trinajstić information content (AvgIpc) is 2.95. The highest BCUT2D eigenvalue weighted by molar-refractivity contribution is 5.39. The van der Waals surface area contributed by atoms with E-state index < -0.39 is 99.2 Å². The van der Waals surface area contributed by atoms with Crippen molar-refractivity contribution in [3.63, 3.8) is 0 Å². The van der Waals surface area contributed by atoms with Gasteiger partial charge in [-0.15, -0.1) is 0 Å². The Balaban J connectivity index is 1.53. The second-order valence-electron chi connectivity index (χ2n) is 9.67. The summed E-state index contributed by atoms with van der Waals surface area (Å²) in [6.07, 6.45) is -22.0. The minimum atomic E-state index is -1.82. The third kappa shape index (κ3) is 6.50. The summed E-state index contributed by atoms with van der Waals surface area (Å²) in [4.78, 5) is 0. The van der Waals surface area contributed by atoms with Gasteiger partial charge in [-0.25, -0.2) is 0 Å². The molecule has 0 saturated carbocycles. The molecule has 3 aliphatic heterocycles. The van der Waals surface area contributed by atoms with E-state index in [1.54, 1.807) is 18.2 Å². The molecule has 0 aromatic heterocycles. The Morgan fingerprint density at radius 1 is 0.725 bits per heavy atom. The van der Waals surface area contributed by atoms with Crippen molar-refractivity contribution in [2.24, 2.45) is 0 Å². The van der Waals surface area contributed by atoms with Crippen molar-refractivity contribution in [2.75, 3.05) is 26.9 Å². The zero-order valence-corrected chi connectivity index (χ0v) is 21.4. The van der Waals surface area contributed by atoms with Crippen molar-refractivity contribution >= 4 is 0 Å². The normalized spacial score (nSPS) is 44.2. The van der Waals surface area contributed by atoms with E-state index in [9.17, 15) is 46.0 Å². The Morgan fingerprint density at radius 2 is 1.35 bits per heavy atom. The average molecular weight is 581 g/mol. The predicted molar refractivity (Wildman–Crippen MR) is 127 cm³/mol. The van der Waals surface area contributed by atoms with Crippen LogP contribution in [0.4, 0.5) is 0 Å². The number of hydrogen-bond acceptors (Lipinski definition) is 16. The van der Waals surface area contributed by atoms with Crippen molar-refractivity contribution in [1.82, 2.24) is 0 Å². The van der Waals surface area contributed by atoms with Crippen LogP contribution in [0.1, 0.15) is 0 Å². The molecule has 0 amide bonds. The van der Waals surface area contributed by atoms with Gasteiger partial charge >= 0.3 is 0 Å². The van der Waals surface area contributed by atoms with Gasteiger partial charge in [0.25, 0.3) is 0 Å². The fourth-order valence-corrected chi connectivity index (χ4v) is 4.57. The molecule has 0 bridgehead atoms. The van der Waals surface area contributed by atoms with Gasteiger partial charge in [-0.2, -0.15) is 0 Å². The first-order chi connectivity index (χ1) is 19.1. The van der Waals surface area contributed by atoms with Gasteiger partial charge in [-0.3, -0.25) is 0 Å². The van der Waals surface area contributed by atoms with Gasteiger partial charge in [0, 0.05) is 0 Å². The predicted octanol–water partition coefficient (Wildman–Crippen LogP) is -4.84. The van der Waals surface area contributed by atoms with Crippen molar-refractivity contribution in [3.8, 4) is 11.5 Å². The number of hydrogen-bond donors (Lipinski definition) is 9. The van der Waals surface area contributed by atoms with E-state index >= 15 is 0 Å². The van der Waals surface area contributed by atoms with Gasteiger partial charge in [-0.1, -0.05) is 12.1 Å². The number of rotatable bonds is 9. The first kappa shape index (κ1) is 31.2. The smallest absolute Gasteiger partial charge is 0.229 e. The first-order valence-electron chi connectivity index (χ1n) is 12.6. The molecule has 40 heavy (non-hydrogen) atoms. The summed E-state index contributed by atoms with van der Waals surface area (Å²) >= 11 is 0. The summed E-state index contributed by atoms with van der Waals surface area (Å²) in [7, 11) is 1.39. The van der Waals surface area contributed by atoms with Crippen LogP contribution in [-0.2, 0) is 23.7 Å². The summed E-state index contributed by atoms with van der Waals surface area (Å²) < 4.78 is 38.8. The maximum atomic E-state index is 11.0. The topological polar surface area (TPSA) is 247 Å². The van der Waals surface area contributed by atoms with E-state index in [-0.39, 0.29) is 18.1 Å². The molecule has 14 atom stereocenters. The highest BCUT2D eigenvalue weighted by atomic mass is 16.8. The van der Waals surface area contributed by atoms with Gasteiger partial charge in [0.1, 0.15) is 61.0 Å². The van der Waals surface area contributed by atoms with Gasteiger partial charge in [0.15, 0.2) is 30.2 Å². The summed E-state index contributed by atoms with van der Waals surface area (Å²) in [5.74, 6) is 0.418. The molecule has 228 valence electrons. The van der Waals surface area contributed by atoms with E-state index in [0.29, 0.717) is 0 Å². The molecule has 0 radical (unpaired) electrons. The molecule has 3 heterocycles. The number of benzene rings is 1. The monoisotopic (exact) mass is 580 g/mol. The van der Waals surface area contributed by atoms with Crippen molar-refractivity contribution in [1.29, 1.82) is 0 Å². The highest BCUT2D eigenvalue weighted by Gasteiger charge is 2.52. The van der Waals surface area contributed by atoms with Crippen LogP contribution in [-0.4, -0.2) is 159 Å². The first-order valence-corrected chi connectivity index (χ1v) is 12.6. The van der Waals surface area contributed by atoms with E-state index in [2.05, 4.69) is 0 Å². The second kappa shape index (κ2) is 13.5. The lowest BCUT2D eigenvalue weighted by atomic mass is 9.97. The summed E-state index contributed by atoms with van der Waals surface area (Å²) in [5, 5.41) is 91.6. The lowest BCUT2D eigenvalue weighted by Crippen LogP contribution is -2.65. The zero-order valence-electron chi connectivity index (χ0n) is 21.4. The molecule has 9 N–H and O–H groups in total. The molecule has 16 nitrogen and oxygen atoms in total. The second-order valence-corrected chi connectivity index (χ2v) is 9.67. The molecule has 4 rings (SSSR count). The SMILES string of the molecule is COc1ccccc1O[C@@H]1O[C@H](CO[C@@H]2OC[C@@H](O)[C@H](O)[C@H]2O)[C@@H](O)[C@H](O)[C@H]1O[C@@H]1O[C@H](CO)[C@@H](O)[C@H](O)[C@H]1O. The molecule has 3 aliphatic rings. The van der Waals surface area contributed by atoms with Crippen molar-refractivity contribution < 1.29 is 79.1 Å². The number of aliphatic hydroxyl groups is 9. The quantitative estimate of drug-likeness (QED) is 0.133. The molecule has 0 unspecified atom stereocenters. The van der Waals surface area contributed by atoms with Crippen LogP contribution < -0.4 is 9.47 Å². The number of methoxy groups -OCH3 is 1. The highest BCUT2D eigenvalue weighted by Crippen LogP contribution is 2.34. The Kier molecular flexibility index (Phi) is 10.5. The Hall–Kier alpha value is -1.74. The van der Waals surface area contributed by atoms with Gasteiger partial charge in [-0.05, 0) is 12.1 Å². The maximum absolute atomic E-state index is 11.0. The standard InChI is InChI=1S/C24H36O16/c1-34-10-4-2-3-5-11(10)37-24-21(40-23-20(33)17(30)15(28)12(6-25)38-23)18(31)16(29)13(39-24)8-36-22-19(32)14(27)9(26)7-35-22/h2-5,9,12-33H,6-8H2,1H3/t9-,12-,13-,14+,15-,16-,17+,18+,19-,20-,21-,22+,23+,24-/m1/s1. The van der Waals surface area contributed by atoms with Gasteiger partial charge in [0.05, 0.1) is 26.9 Å². The van der Waals surface area contributed by atoms with Crippen LogP contribution >= 0.6 is 0 Å². The molecule has 3 saturated heterocycles. The molecule has 3 fully saturated rings. The van der Waals surface area contributed by atoms with Crippen molar-refractivity contribution in [2.45, 2.75) is 86.0 Å². The van der Waals surface area contributed by atoms with Crippen LogP contribution in [0.5, 0.6) is 11.5 Å². The van der Waals surface area contributed by atoms with Crippen LogP contribution in [0.3, 0.4) is 0 Å². The summed E-state index contributed by atoms with van der Waals surface area (Å²) in [6, 6.07) is 6.40. The molecule has 0 aliphatic carbocycles.